The lowest BCUT2D eigenvalue weighted by atomic mass is 9.80. The summed E-state index contributed by atoms with van der Waals surface area (Å²) >= 11 is 0. The number of fused-ring (bicyclic) bond motifs is 2. The topological polar surface area (TPSA) is 72.9 Å². The number of likely N-dealkylation sites (N-methyl/N-ethyl adjacent to an activating group) is 1. The first-order chi connectivity index (χ1) is 13.5. The van der Waals surface area contributed by atoms with Crippen LogP contribution in [0.1, 0.15) is 36.8 Å². The molecule has 2 atom stereocenters. The van der Waals surface area contributed by atoms with Crippen LogP contribution in [0.2, 0.25) is 0 Å². The molecule has 2 aliphatic carbocycles. The number of hydrogen-bond donors (Lipinski definition) is 2. The summed E-state index contributed by atoms with van der Waals surface area (Å²) in [5.74, 6) is -0.898. The Morgan fingerprint density at radius 1 is 1.25 bits per heavy atom. The Labute approximate surface area is 165 Å². The van der Waals surface area contributed by atoms with Crippen LogP contribution in [0.15, 0.2) is 29.8 Å². The van der Waals surface area contributed by atoms with Crippen LogP contribution in [0.25, 0.3) is 5.57 Å². The van der Waals surface area contributed by atoms with Gasteiger partial charge in [-0.15, -0.1) is 0 Å². The summed E-state index contributed by atoms with van der Waals surface area (Å²) < 4.78 is 0. The van der Waals surface area contributed by atoms with Crippen LogP contribution < -0.4 is 5.48 Å². The molecule has 2 fully saturated rings. The van der Waals surface area contributed by atoms with Gasteiger partial charge >= 0.3 is 0 Å². The molecule has 2 aliphatic heterocycles. The normalized spacial score (nSPS) is 28.1. The quantitative estimate of drug-likeness (QED) is 0.606. The third-order valence-electron chi connectivity index (χ3n) is 7.25. The van der Waals surface area contributed by atoms with Crippen LogP contribution in [-0.4, -0.2) is 59.5 Å². The number of carbonyl (C=O) groups is 2. The molecular weight excluding hydrogens is 354 g/mol. The molecule has 28 heavy (non-hydrogen) atoms. The van der Waals surface area contributed by atoms with Crippen molar-refractivity contribution in [1.82, 2.24) is 15.3 Å². The maximum Gasteiger partial charge on any atom is 0.248 e. The molecular formula is C22H27N3O3. The van der Waals surface area contributed by atoms with Crippen molar-refractivity contribution in [1.29, 1.82) is 0 Å². The highest BCUT2D eigenvalue weighted by atomic mass is 16.5. The number of hydroxylamine groups is 1. The van der Waals surface area contributed by atoms with Crippen molar-refractivity contribution >= 4 is 17.4 Å². The molecule has 2 amide bonds. The highest BCUT2D eigenvalue weighted by molar-refractivity contribution is 5.91. The van der Waals surface area contributed by atoms with Gasteiger partial charge in [-0.1, -0.05) is 24.3 Å². The van der Waals surface area contributed by atoms with E-state index in [1.165, 1.54) is 22.3 Å². The van der Waals surface area contributed by atoms with Crippen LogP contribution in [0.4, 0.5) is 0 Å². The molecule has 0 bridgehead atoms. The number of likely N-dealkylation sites (tertiary alicyclic amines) is 1. The summed E-state index contributed by atoms with van der Waals surface area (Å²) in [5, 5.41) is 9.25. The maximum absolute atomic E-state index is 13.5. The Balaban J connectivity index is 1.37. The minimum Gasteiger partial charge on any atom is -0.337 e. The van der Waals surface area contributed by atoms with Crippen molar-refractivity contribution in [3.63, 3.8) is 0 Å². The van der Waals surface area contributed by atoms with Gasteiger partial charge in [0.15, 0.2) is 0 Å². The zero-order valence-electron chi connectivity index (χ0n) is 16.3. The highest BCUT2D eigenvalue weighted by Crippen LogP contribution is 2.54. The molecule has 0 aromatic heterocycles. The van der Waals surface area contributed by atoms with E-state index in [0.29, 0.717) is 19.5 Å². The second-order valence-corrected chi connectivity index (χ2v) is 9.07. The van der Waals surface area contributed by atoms with E-state index >= 15 is 0 Å². The molecule has 148 valence electrons. The third-order valence-corrected chi connectivity index (χ3v) is 7.25. The Kier molecular flexibility index (Phi) is 4.10. The van der Waals surface area contributed by atoms with E-state index in [1.807, 2.05) is 22.3 Å². The minimum atomic E-state index is -0.496. The molecule has 1 aromatic rings. The van der Waals surface area contributed by atoms with Crippen molar-refractivity contribution in [2.45, 2.75) is 38.1 Å². The van der Waals surface area contributed by atoms with Gasteiger partial charge in [-0.05, 0) is 66.8 Å². The summed E-state index contributed by atoms with van der Waals surface area (Å²) in [6.45, 7) is 2.19. The predicted octanol–water partition coefficient (Wildman–Crippen LogP) is 1.83. The van der Waals surface area contributed by atoms with Crippen molar-refractivity contribution < 1.29 is 14.8 Å². The molecule has 1 spiro atoms. The monoisotopic (exact) mass is 381 g/mol. The van der Waals surface area contributed by atoms with Gasteiger partial charge in [0.25, 0.3) is 0 Å². The molecule has 1 saturated heterocycles. The van der Waals surface area contributed by atoms with E-state index < -0.39 is 17.9 Å². The van der Waals surface area contributed by atoms with Crippen LogP contribution in [0.3, 0.4) is 0 Å². The van der Waals surface area contributed by atoms with Gasteiger partial charge in [-0.2, -0.15) is 0 Å². The number of nitrogens with zero attached hydrogens (tertiary/aromatic N) is 2. The first-order valence-electron chi connectivity index (χ1n) is 10.2. The molecule has 0 unspecified atom stereocenters. The lowest BCUT2D eigenvalue weighted by Gasteiger charge is -2.44. The fourth-order valence-corrected chi connectivity index (χ4v) is 5.69. The van der Waals surface area contributed by atoms with E-state index in [1.54, 1.807) is 0 Å². The molecule has 1 saturated carbocycles. The number of piperidine rings is 1. The van der Waals surface area contributed by atoms with E-state index in [4.69, 9.17) is 0 Å². The highest BCUT2D eigenvalue weighted by Gasteiger charge is 2.55. The SMILES string of the molecule is CN1CC2(CC2)C[C@H](C(=O)NO)[C@H]1C(=O)N1CCC2=C(Cc3ccccc32)C1. The second kappa shape index (κ2) is 6.42. The second-order valence-electron chi connectivity index (χ2n) is 9.07. The number of carbonyl (C=O) groups excluding carboxylic acids is 2. The van der Waals surface area contributed by atoms with Crippen molar-refractivity contribution in [3.8, 4) is 0 Å². The average molecular weight is 381 g/mol. The summed E-state index contributed by atoms with van der Waals surface area (Å²) in [6.07, 6.45) is 4.68. The molecule has 0 radical (unpaired) electrons. The largest absolute Gasteiger partial charge is 0.337 e. The van der Waals surface area contributed by atoms with Crippen LogP contribution >= 0.6 is 0 Å². The Morgan fingerprint density at radius 2 is 2.04 bits per heavy atom. The fourth-order valence-electron chi connectivity index (χ4n) is 5.69. The Morgan fingerprint density at radius 3 is 2.79 bits per heavy atom. The maximum atomic E-state index is 13.5. The summed E-state index contributed by atoms with van der Waals surface area (Å²) in [5.41, 5.74) is 7.40. The molecule has 1 aromatic carbocycles. The summed E-state index contributed by atoms with van der Waals surface area (Å²) in [7, 11) is 1.94. The van der Waals surface area contributed by atoms with Gasteiger partial charge in [0.1, 0.15) is 6.04 Å². The van der Waals surface area contributed by atoms with Gasteiger partial charge in [-0.25, -0.2) is 5.48 Å². The van der Waals surface area contributed by atoms with E-state index in [-0.39, 0.29) is 11.3 Å². The summed E-state index contributed by atoms with van der Waals surface area (Å²) in [4.78, 5) is 29.8. The molecule has 6 nitrogen and oxygen atoms in total. The zero-order valence-corrected chi connectivity index (χ0v) is 16.3. The third kappa shape index (κ3) is 2.78. The molecule has 2 N–H and O–H groups in total. The number of nitrogens with one attached hydrogen (secondary N) is 1. The number of rotatable bonds is 2. The van der Waals surface area contributed by atoms with Gasteiger partial charge in [0.05, 0.1) is 5.92 Å². The van der Waals surface area contributed by atoms with Crippen LogP contribution in [-0.2, 0) is 16.0 Å². The average Bonchev–Trinajstić information content (AvgIpc) is 3.33. The van der Waals surface area contributed by atoms with Gasteiger partial charge < -0.3 is 4.90 Å². The lowest BCUT2D eigenvalue weighted by Crippen LogP contribution is -2.59. The smallest absolute Gasteiger partial charge is 0.248 e. The summed E-state index contributed by atoms with van der Waals surface area (Å²) in [6, 6.07) is 8.01. The lowest BCUT2D eigenvalue weighted by molar-refractivity contribution is -0.150. The van der Waals surface area contributed by atoms with Gasteiger partial charge in [-0.3, -0.25) is 19.7 Å². The standard InChI is InChI=1S/C22H27N3O3/c1-24-13-22(7-8-22)11-18(20(26)23-28)19(24)21(27)25-9-6-17-15(12-25)10-14-4-2-3-5-16(14)17/h2-5,18-19,28H,6-13H2,1H3,(H,23,26)/t18-,19-/m0/s1. The van der Waals surface area contributed by atoms with Crippen molar-refractivity contribution in [2.24, 2.45) is 11.3 Å². The Bertz CT molecular complexity index is 874. The first-order valence-corrected chi connectivity index (χ1v) is 10.2. The van der Waals surface area contributed by atoms with Gasteiger partial charge in [0.2, 0.25) is 11.8 Å². The molecule has 2 heterocycles. The first kappa shape index (κ1) is 17.9. The van der Waals surface area contributed by atoms with Crippen molar-refractivity contribution in [3.05, 3.63) is 41.0 Å². The molecule has 6 heteroatoms. The van der Waals surface area contributed by atoms with Crippen LogP contribution in [0.5, 0.6) is 0 Å². The fraction of sp³-hybridized carbons (Fsp3) is 0.545. The predicted molar refractivity (Wildman–Crippen MR) is 104 cm³/mol. The van der Waals surface area contributed by atoms with Crippen LogP contribution in [0, 0.1) is 11.3 Å². The van der Waals surface area contributed by atoms with Gasteiger partial charge in [0, 0.05) is 19.6 Å². The number of benzene rings is 1. The zero-order chi connectivity index (χ0) is 19.5. The number of hydrogen-bond acceptors (Lipinski definition) is 4. The van der Waals surface area contributed by atoms with Crippen molar-refractivity contribution in [2.75, 3.05) is 26.7 Å². The van der Waals surface area contributed by atoms with E-state index in [9.17, 15) is 14.8 Å². The molecule has 4 aliphatic rings. The molecule has 5 rings (SSSR count). The van der Waals surface area contributed by atoms with E-state index in [2.05, 4.69) is 24.3 Å². The Hall–Kier alpha value is -2.18. The number of amides is 2. The van der Waals surface area contributed by atoms with E-state index in [0.717, 1.165) is 32.2 Å². The minimum absolute atomic E-state index is 0.0223.